The fraction of sp³-hybridized carbons (Fsp3) is 0.548. The first kappa shape index (κ1) is 48.8. The molecule has 0 bridgehead atoms. The van der Waals surface area contributed by atoms with Crippen LogP contribution < -0.4 is 26.6 Å². The third-order valence-corrected chi connectivity index (χ3v) is 10.9. The second-order valence-electron chi connectivity index (χ2n) is 15.5. The number of hydrogen-bond acceptors (Lipinski definition) is 10. The first-order chi connectivity index (χ1) is 28.1. The Labute approximate surface area is 356 Å². The van der Waals surface area contributed by atoms with Crippen LogP contribution in [0.3, 0.4) is 0 Å². The smallest absolute Gasteiger partial charge is 0.326 e. The highest BCUT2D eigenvalue weighted by atomic mass is 32.2. The first-order valence-corrected chi connectivity index (χ1v) is 22.0. The Bertz CT molecular complexity index is 1720. The average molecular weight is 857 g/mol. The number of hydrogen-bond donors (Lipinski definition) is 8. The van der Waals surface area contributed by atoms with Crippen LogP contribution in [0.1, 0.15) is 64.5 Å². The number of carboxylic acids is 1. The van der Waals surface area contributed by atoms with E-state index in [1.54, 1.807) is 68.4 Å². The lowest BCUT2D eigenvalue weighted by molar-refractivity contribution is -0.149. The van der Waals surface area contributed by atoms with Crippen LogP contribution in [-0.2, 0) is 46.4 Å². The Balaban J connectivity index is 1.88. The third kappa shape index (κ3) is 15.5. The summed E-state index contributed by atoms with van der Waals surface area (Å²) in [5.74, 6) is -5.29. The topological polar surface area (TPSA) is 223 Å². The first-order valence-electron chi connectivity index (χ1n) is 20.0. The molecule has 2 aromatic rings. The van der Waals surface area contributed by atoms with E-state index >= 15 is 0 Å². The van der Waals surface area contributed by atoms with Gasteiger partial charge in [0, 0.05) is 25.1 Å². The SMILES string of the molecule is CSCC[C@H](NC(=O)[C@@H](O)CS)C(=O)N[C@@H](CC(C)C)C(=O)N[C@@H](Cc1ccccc1)C(=O)N[C@H](C(=O)N[C@@H](Cc1ccccc1)C(=O)N1CCC[C@H]1C(=O)O)C(C)C. The molecular weight excluding hydrogens is 797 g/mol. The molecule has 59 heavy (non-hydrogen) atoms. The molecule has 0 aliphatic carbocycles. The van der Waals surface area contributed by atoms with Gasteiger partial charge in [-0.2, -0.15) is 24.4 Å². The highest BCUT2D eigenvalue weighted by Crippen LogP contribution is 2.20. The van der Waals surface area contributed by atoms with Gasteiger partial charge in [0.25, 0.3) is 0 Å². The molecule has 1 heterocycles. The minimum absolute atomic E-state index is 0.0296. The molecule has 2 aromatic carbocycles. The summed E-state index contributed by atoms with van der Waals surface area (Å²) < 4.78 is 0. The molecular formula is C42H60N6O9S2. The molecule has 1 aliphatic heterocycles. The Hall–Kier alpha value is -4.61. The van der Waals surface area contributed by atoms with Gasteiger partial charge in [-0.1, -0.05) is 88.4 Å². The van der Waals surface area contributed by atoms with Gasteiger partial charge in [-0.15, -0.1) is 0 Å². The number of thioether (sulfide) groups is 1. The van der Waals surface area contributed by atoms with Crippen LogP contribution in [0.4, 0.5) is 0 Å². The van der Waals surface area contributed by atoms with Crippen molar-refractivity contribution < 1.29 is 43.8 Å². The number of benzene rings is 2. The van der Waals surface area contributed by atoms with Crippen molar-refractivity contribution in [3.05, 3.63) is 71.8 Å². The Morgan fingerprint density at radius 1 is 0.729 bits per heavy atom. The number of rotatable bonds is 23. The van der Waals surface area contributed by atoms with Crippen molar-refractivity contribution in [3.63, 3.8) is 0 Å². The maximum Gasteiger partial charge on any atom is 0.326 e. The number of nitrogens with one attached hydrogen (secondary N) is 5. The minimum Gasteiger partial charge on any atom is -0.480 e. The lowest BCUT2D eigenvalue weighted by Gasteiger charge is -2.30. The van der Waals surface area contributed by atoms with Crippen molar-refractivity contribution in [1.82, 2.24) is 31.5 Å². The molecule has 3 rings (SSSR count). The number of carboxylic acid groups (broad SMARTS) is 1. The summed E-state index contributed by atoms with van der Waals surface area (Å²) in [5, 5.41) is 33.5. The van der Waals surface area contributed by atoms with E-state index in [4.69, 9.17) is 0 Å². The van der Waals surface area contributed by atoms with Gasteiger partial charge in [0.2, 0.25) is 35.4 Å². The van der Waals surface area contributed by atoms with Gasteiger partial charge in [-0.25, -0.2) is 4.79 Å². The van der Waals surface area contributed by atoms with Crippen molar-refractivity contribution in [2.45, 2.75) is 109 Å². The predicted octanol–water partition coefficient (Wildman–Crippen LogP) is 1.72. The molecule has 7 atom stereocenters. The number of amides is 6. The Morgan fingerprint density at radius 3 is 1.76 bits per heavy atom. The molecule has 1 saturated heterocycles. The third-order valence-electron chi connectivity index (χ3n) is 9.94. The number of likely N-dealkylation sites (tertiary alicyclic amines) is 1. The standard InChI is InChI=1S/C42H60N6O9S2/c1-25(2)21-30(44-36(50)29(18-20-59-5)43-39(53)34(49)24-58)37(51)45-31(22-27-13-8-6-9-14-27)38(52)47-35(26(3)4)40(54)46-32(23-28-15-10-7-11-16-28)41(55)48-19-12-17-33(48)42(56)57/h6-11,13-16,25-26,29-35,49,58H,12,17-24H2,1-5H3,(H,43,53)(H,44,50)(H,45,51)(H,46,54)(H,47,52)(H,56,57)/t29-,30-,31-,32-,33-,34-,35-/m0/s1. The second kappa shape index (κ2) is 24.5. The Morgan fingerprint density at radius 2 is 1.24 bits per heavy atom. The summed E-state index contributed by atoms with van der Waals surface area (Å²) in [6.45, 7) is 7.40. The van der Waals surface area contributed by atoms with E-state index in [9.17, 15) is 43.8 Å². The number of nitrogens with zero attached hydrogens (tertiary/aromatic N) is 1. The summed E-state index contributed by atoms with van der Waals surface area (Å²) in [7, 11) is 0. The molecule has 0 saturated carbocycles. The van der Waals surface area contributed by atoms with Gasteiger partial charge in [0.05, 0.1) is 0 Å². The van der Waals surface area contributed by atoms with Crippen molar-refractivity contribution in [2.24, 2.45) is 11.8 Å². The van der Waals surface area contributed by atoms with E-state index in [0.717, 1.165) is 5.56 Å². The van der Waals surface area contributed by atoms with E-state index < -0.39 is 89.7 Å². The lowest BCUT2D eigenvalue weighted by Crippen LogP contribution is -2.61. The van der Waals surface area contributed by atoms with Crippen molar-refractivity contribution in [1.29, 1.82) is 0 Å². The highest BCUT2D eigenvalue weighted by molar-refractivity contribution is 7.98. The van der Waals surface area contributed by atoms with E-state index in [-0.39, 0.29) is 43.9 Å². The number of carbonyl (C=O) groups is 7. The number of aliphatic carboxylic acids is 1. The monoisotopic (exact) mass is 856 g/mol. The van der Waals surface area contributed by atoms with Gasteiger partial charge in [0.1, 0.15) is 42.4 Å². The fourth-order valence-electron chi connectivity index (χ4n) is 6.75. The number of aliphatic hydroxyl groups is 1. The molecule has 17 heteroatoms. The molecule has 0 spiro atoms. The van der Waals surface area contributed by atoms with Gasteiger partial charge in [-0.05, 0) is 60.7 Å². The van der Waals surface area contributed by atoms with Gasteiger partial charge < -0.3 is 41.7 Å². The van der Waals surface area contributed by atoms with Crippen LogP contribution >= 0.6 is 24.4 Å². The van der Waals surface area contributed by atoms with Crippen LogP contribution in [0.5, 0.6) is 0 Å². The molecule has 324 valence electrons. The lowest BCUT2D eigenvalue weighted by atomic mass is 9.98. The summed E-state index contributed by atoms with van der Waals surface area (Å²) in [4.78, 5) is 95.7. The zero-order valence-electron chi connectivity index (χ0n) is 34.4. The molecule has 7 N–H and O–H groups in total. The van der Waals surface area contributed by atoms with Crippen LogP contribution in [0.15, 0.2) is 60.7 Å². The molecule has 6 amide bonds. The van der Waals surface area contributed by atoms with Crippen LogP contribution in [0.2, 0.25) is 0 Å². The largest absolute Gasteiger partial charge is 0.480 e. The summed E-state index contributed by atoms with van der Waals surface area (Å²) in [6, 6.07) is 11.2. The van der Waals surface area contributed by atoms with Crippen LogP contribution in [0.25, 0.3) is 0 Å². The van der Waals surface area contributed by atoms with Crippen molar-refractivity contribution in [2.75, 3.05) is 24.3 Å². The molecule has 15 nitrogen and oxygen atoms in total. The number of carbonyl (C=O) groups excluding carboxylic acids is 6. The fourth-order valence-corrected chi connectivity index (χ4v) is 7.39. The normalized spacial score (nSPS) is 16.9. The molecule has 0 unspecified atom stereocenters. The van der Waals surface area contributed by atoms with Gasteiger partial charge >= 0.3 is 5.97 Å². The minimum atomic E-state index is -1.43. The van der Waals surface area contributed by atoms with Crippen molar-refractivity contribution >= 4 is 65.8 Å². The van der Waals surface area contributed by atoms with Gasteiger partial charge in [-0.3, -0.25) is 28.8 Å². The molecule has 0 radical (unpaired) electrons. The average Bonchev–Trinajstić information content (AvgIpc) is 3.71. The van der Waals surface area contributed by atoms with Crippen LogP contribution in [0, 0.1) is 11.8 Å². The molecule has 1 fully saturated rings. The number of aliphatic hydroxyl groups excluding tert-OH is 1. The molecule has 1 aliphatic rings. The molecule has 0 aromatic heterocycles. The van der Waals surface area contributed by atoms with E-state index in [0.29, 0.717) is 24.2 Å². The van der Waals surface area contributed by atoms with E-state index in [2.05, 4.69) is 39.2 Å². The Kier molecular flexibility index (Phi) is 20.2. The van der Waals surface area contributed by atoms with Gasteiger partial charge in [0.15, 0.2) is 0 Å². The van der Waals surface area contributed by atoms with E-state index in [1.807, 2.05) is 26.2 Å². The maximum absolute atomic E-state index is 14.2. The summed E-state index contributed by atoms with van der Waals surface area (Å²) in [5.41, 5.74) is 1.45. The zero-order chi connectivity index (χ0) is 43.6. The predicted molar refractivity (Wildman–Crippen MR) is 229 cm³/mol. The quantitative estimate of drug-likeness (QED) is 0.0757. The zero-order valence-corrected chi connectivity index (χ0v) is 36.1. The number of thiol groups is 1. The van der Waals surface area contributed by atoms with Crippen LogP contribution in [-0.4, -0.2) is 123 Å². The van der Waals surface area contributed by atoms with E-state index in [1.165, 1.54) is 16.7 Å². The second-order valence-corrected chi connectivity index (χ2v) is 16.8. The highest BCUT2D eigenvalue weighted by Gasteiger charge is 2.39. The summed E-state index contributed by atoms with van der Waals surface area (Å²) in [6.07, 6.45) is 1.73. The maximum atomic E-state index is 14.2. The summed E-state index contributed by atoms with van der Waals surface area (Å²) >= 11 is 5.41. The van der Waals surface area contributed by atoms with Crippen molar-refractivity contribution in [3.8, 4) is 0 Å².